The van der Waals surface area contributed by atoms with Crippen molar-refractivity contribution in [3.8, 4) is 17.2 Å². The molecule has 316 valence electrons. The van der Waals surface area contributed by atoms with Gasteiger partial charge in [0, 0.05) is 40.5 Å². The number of ether oxygens (including phenoxy) is 3. The van der Waals surface area contributed by atoms with E-state index in [-0.39, 0.29) is 40.8 Å². The Hall–Kier alpha value is -3.62. The molecular weight excluding hydrogens is 739 g/mol. The van der Waals surface area contributed by atoms with E-state index in [4.69, 9.17) is 14.2 Å². The molecule has 10 aliphatic rings. The summed E-state index contributed by atoms with van der Waals surface area (Å²) in [5.41, 5.74) is -0.297. The molecular formula is C51H65NO7. The predicted molar refractivity (Wildman–Crippen MR) is 226 cm³/mol. The van der Waals surface area contributed by atoms with Crippen molar-refractivity contribution in [3.63, 3.8) is 0 Å². The number of amides is 1. The largest absolute Gasteiger partial charge is 0.497 e. The molecule has 0 radical (unpaired) electrons. The van der Waals surface area contributed by atoms with E-state index in [0.29, 0.717) is 48.7 Å². The topological polar surface area (TPSA) is 106 Å². The second kappa shape index (κ2) is 13.7. The van der Waals surface area contributed by atoms with Crippen LogP contribution in [0.2, 0.25) is 0 Å². The molecule has 2 spiro atoms. The fraction of sp³-hybridized carbons (Fsp3) is 0.647. The first kappa shape index (κ1) is 39.5. The standard InChI is InChI=1S/C51H65NO7/c1-46-15-12-37(53)28-49(46)18-19-51(39(29-49)45(55)36-7-9-38(57-3)10-8-36)42(46)13-16-47(2)43(51)14-17-50(47,56)31-52(30-48-25-33-20-34(26-48)22-35(21-33)27-48)44(54)24-32-6-11-40(58-4)41(23-32)59-5/h6-11,18-19,23,29,33-35,37,42-43,53,56H,12-17,20-22,24-28,30-31H2,1-5H3. The molecule has 10 aliphatic carbocycles. The number of ketones is 1. The molecule has 6 bridgehead atoms. The van der Waals surface area contributed by atoms with Crippen molar-refractivity contribution < 1.29 is 34.0 Å². The lowest BCUT2D eigenvalue weighted by Crippen LogP contribution is -2.67. The van der Waals surface area contributed by atoms with Gasteiger partial charge in [-0.2, -0.15) is 0 Å². The molecule has 8 atom stereocenters. The zero-order valence-corrected chi connectivity index (χ0v) is 35.9. The first-order valence-electron chi connectivity index (χ1n) is 22.7. The Bertz CT molecular complexity index is 2050. The molecule has 8 nitrogen and oxygen atoms in total. The van der Waals surface area contributed by atoms with Crippen LogP contribution in [0.4, 0.5) is 0 Å². The molecule has 2 aromatic carbocycles. The van der Waals surface area contributed by atoms with Crippen molar-refractivity contribution in [1.82, 2.24) is 4.90 Å². The van der Waals surface area contributed by atoms with Gasteiger partial charge in [0.2, 0.25) is 5.91 Å². The third-order valence-corrected chi connectivity index (χ3v) is 18.6. The molecule has 1 amide bonds. The van der Waals surface area contributed by atoms with Crippen LogP contribution in [0.25, 0.3) is 0 Å². The van der Waals surface area contributed by atoms with Crippen LogP contribution < -0.4 is 14.2 Å². The number of hydrogen-bond donors (Lipinski definition) is 2. The first-order chi connectivity index (χ1) is 28.2. The van der Waals surface area contributed by atoms with Crippen LogP contribution in [0.15, 0.2) is 66.3 Å². The lowest BCUT2D eigenvalue weighted by molar-refractivity contribution is -0.181. The van der Waals surface area contributed by atoms with Crippen molar-refractivity contribution in [1.29, 1.82) is 0 Å². The van der Waals surface area contributed by atoms with Crippen LogP contribution >= 0.6 is 0 Å². The van der Waals surface area contributed by atoms with Gasteiger partial charge in [-0.3, -0.25) is 9.59 Å². The summed E-state index contributed by atoms with van der Waals surface area (Å²) in [7, 11) is 4.89. The van der Waals surface area contributed by atoms with Crippen LogP contribution in [-0.2, 0) is 11.2 Å². The summed E-state index contributed by atoms with van der Waals surface area (Å²) >= 11 is 0. The molecule has 7 saturated carbocycles. The van der Waals surface area contributed by atoms with Gasteiger partial charge >= 0.3 is 0 Å². The number of methoxy groups -OCH3 is 3. The molecule has 0 aromatic heterocycles. The predicted octanol–water partition coefficient (Wildman–Crippen LogP) is 8.77. The number of nitrogens with zero attached hydrogens (tertiary/aromatic N) is 1. The number of carbonyl (C=O) groups excluding carboxylic acids is 2. The van der Waals surface area contributed by atoms with Gasteiger partial charge in [0.15, 0.2) is 17.3 Å². The van der Waals surface area contributed by atoms with E-state index in [0.717, 1.165) is 61.0 Å². The highest BCUT2D eigenvalue weighted by Crippen LogP contribution is 2.78. The van der Waals surface area contributed by atoms with Gasteiger partial charge < -0.3 is 29.3 Å². The van der Waals surface area contributed by atoms with Gasteiger partial charge in [0.25, 0.3) is 0 Å². The second-order valence-electron chi connectivity index (χ2n) is 21.4. The molecule has 8 unspecified atom stereocenters. The lowest BCUT2D eigenvalue weighted by Gasteiger charge is -2.71. The molecule has 0 heterocycles. The molecule has 2 N–H and O–H groups in total. The summed E-state index contributed by atoms with van der Waals surface area (Å²) in [6, 6.07) is 13.2. The number of allylic oxidation sites excluding steroid dienone is 4. The van der Waals surface area contributed by atoms with Crippen molar-refractivity contribution >= 4 is 11.7 Å². The Morgan fingerprint density at radius 2 is 1.39 bits per heavy atom. The molecule has 0 aliphatic heterocycles. The number of aliphatic hydroxyl groups is 2. The highest BCUT2D eigenvalue weighted by molar-refractivity contribution is 6.10. The van der Waals surface area contributed by atoms with Crippen LogP contribution in [-0.4, -0.2) is 72.9 Å². The summed E-state index contributed by atoms with van der Waals surface area (Å²) in [6.45, 7) is 5.72. The number of aliphatic hydroxyl groups excluding tert-OH is 1. The maximum absolute atomic E-state index is 15.1. The summed E-state index contributed by atoms with van der Waals surface area (Å²) in [5, 5.41) is 24.7. The van der Waals surface area contributed by atoms with Crippen LogP contribution in [0.3, 0.4) is 0 Å². The van der Waals surface area contributed by atoms with Gasteiger partial charge in [0.05, 0.1) is 39.5 Å². The minimum Gasteiger partial charge on any atom is -0.497 e. The van der Waals surface area contributed by atoms with E-state index in [9.17, 15) is 15.0 Å². The minimum absolute atomic E-state index is 0.00720. The monoisotopic (exact) mass is 803 g/mol. The summed E-state index contributed by atoms with van der Waals surface area (Å²) in [4.78, 5) is 32.2. The summed E-state index contributed by atoms with van der Waals surface area (Å²) in [5.74, 6) is 4.52. The van der Waals surface area contributed by atoms with Gasteiger partial charge in [-0.1, -0.05) is 38.1 Å². The number of benzene rings is 2. The van der Waals surface area contributed by atoms with Crippen molar-refractivity contribution in [3.05, 3.63) is 77.4 Å². The van der Waals surface area contributed by atoms with Gasteiger partial charge in [0.1, 0.15) is 5.75 Å². The second-order valence-corrected chi connectivity index (χ2v) is 21.4. The molecule has 0 saturated heterocycles. The van der Waals surface area contributed by atoms with E-state index < -0.39 is 27.9 Å². The van der Waals surface area contributed by atoms with Crippen molar-refractivity contribution in [2.45, 2.75) is 115 Å². The Morgan fingerprint density at radius 3 is 2.05 bits per heavy atom. The maximum atomic E-state index is 15.1. The third kappa shape index (κ3) is 5.73. The molecule has 7 fully saturated rings. The highest BCUT2D eigenvalue weighted by atomic mass is 16.5. The van der Waals surface area contributed by atoms with Crippen LogP contribution in [0.1, 0.15) is 113 Å². The first-order valence-corrected chi connectivity index (χ1v) is 22.7. The molecule has 2 aromatic rings. The molecule has 12 rings (SSSR count). The number of hydrogen-bond acceptors (Lipinski definition) is 7. The fourth-order valence-corrected chi connectivity index (χ4v) is 16.2. The van der Waals surface area contributed by atoms with E-state index in [1.165, 1.54) is 38.5 Å². The summed E-state index contributed by atoms with van der Waals surface area (Å²) in [6.07, 6.45) is 19.8. The average Bonchev–Trinajstić information content (AvgIpc) is 3.49. The smallest absolute Gasteiger partial charge is 0.227 e. The van der Waals surface area contributed by atoms with Gasteiger partial charge in [-0.05, 0) is 166 Å². The third-order valence-electron chi connectivity index (χ3n) is 18.6. The Labute approximate surface area is 350 Å². The molecule has 59 heavy (non-hydrogen) atoms. The fourth-order valence-electron chi connectivity index (χ4n) is 16.2. The Kier molecular flexibility index (Phi) is 9.17. The average molecular weight is 804 g/mol. The van der Waals surface area contributed by atoms with Crippen molar-refractivity contribution in [2.75, 3.05) is 34.4 Å². The highest BCUT2D eigenvalue weighted by Gasteiger charge is 2.74. The van der Waals surface area contributed by atoms with E-state index in [2.05, 4.69) is 37.0 Å². The number of carbonyl (C=O) groups is 2. The van der Waals surface area contributed by atoms with Crippen LogP contribution in [0, 0.1) is 56.7 Å². The normalized spacial score (nSPS) is 42.1. The number of fused-ring (bicyclic) bond motifs is 1. The van der Waals surface area contributed by atoms with E-state index in [1.54, 1.807) is 21.3 Å². The molecule has 8 heteroatoms. The van der Waals surface area contributed by atoms with E-state index >= 15 is 4.79 Å². The SMILES string of the molecule is COc1ccc(C(=O)C2=CC34C=CC25C(CCC2(C)C5CCC2(O)CN(CC25CC6CC(CC(C6)C2)C5)C(=O)Cc2ccc(OC)c(OC)c2)C3(C)CCC(O)C4)cc1. The Balaban J connectivity index is 1.02. The zero-order valence-electron chi connectivity index (χ0n) is 35.9. The zero-order chi connectivity index (χ0) is 41.2. The maximum Gasteiger partial charge on any atom is 0.227 e. The Morgan fingerprint density at radius 1 is 0.746 bits per heavy atom. The van der Waals surface area contributed by atoms with E-state index in [1.807, 2.05) is 42.5 Å². The minimum atomic E-state index is -1.13. The van der Waals surface area contributed by atoms with Gasteiger partial charge in [-0.15, -0.1) is 0 Å². The van der Waals surface area contributed by atoms with Crippen LogP contribution in [0.5, 0.6) is 17.2 Å². The number of Topliss-reactive ketones (excluding diaryl/α,β-unsaturated/α-hetero) is 1. The van der Waals surface area contributed by atoms with Crippen molar-refractivity contribution in [2.24, 2.45) is 56.7 Å². The lowest BCUT2D eigenvalue weighted by atomic mass is 9.32. The van der Waals surface area contributed by atoms with Gasteiger partial charge in [-0.25, -0.2) is 0 Å². The quantitative estimate of drug-likeness (QED) is 0.173. The summed E-state index contributed by atoms with van der Waals surface area (Å²) < 4.78 is 16.6. The number of rotatable bonds is 11.